The van der Waals surface area contributed by atoms with E-state index in [0.717, 1.165) is 0 Å². The van der Waals surface area contributed by atoms with Crippen molar-refractivity contribution in [2.45, 2.75) is 19.0 Å². The third-order valence-corrected chi connectivity index (χ3v) is 2.79. The van der Waals surface area contributed by atoms with Gasteiger partial charge in [0.2, 0.25) is 0 Å². The van der Waals surface area contributed by atoms with Crippen molar-refractivity contribution in [1.82, 2.24) is 0 Å². The van der Waals surface area contributed by atoms with Crippen LogP contribution in [0, 0.1) is 0 Å². The second-order valence-electron chi connectivity index (χ2n) is 3.51. The van der Waals surface area contributed by atoms with Gasteiger partial charge in [-0.15, -0.1) is 0 Å². The van der Waals surface area contributed by atoms with E-state index in [0.29, 0.717) is 6.17 Å². The number of rotatable bonds is 0. The Bertz CT molecular complexity index is 308. The van der Waals surface area contributed by atoms with Gasteiger partial charge in [0.15, 0.2) is 0 Å². The third kappa shape index (κ3) is 0.697. The Morgan fingerprint density at radius 1 is 1.33 bits per heavy atom. The SMILES string of the molecule is c1ccc2c(c1)NC1CCCN21. The first kappa shape index (κ1) is 6.35. The Hall–Kier alpha value is -1.18. The second kappa shape index (κ2) is 2.16. The number of fused-ring (bicyclic) bond motifs is 3. The van der Waals surface area contributed by atoms with Gasteiger partial charge < -0.3 is 10.2 Å². The standard InChI is InChI=1S/C10H12N2/c1-2-5-9-8(4-1)11-10-6-3-7-12(9)10/h1-2,4-5,10-11H,3,6-7H2. The summed E-state index contributed by atoms with van der Waals surface area (Å²) in [7, 11) is 0. The summed E-state index contributed by atoms with van der Waals surface area (Å²) in [6.45, 7) is 1.22. The van der Waals surface area contributed by atoms with Crippen LogP contribution in [0.15, 0.2) is 24.3 Å². The molecule has 1 saturated heterocycles. The maximum absolute atomic E-state index is 3.52. The Labute approximate surface area is 72.2 Å². The summed E-state index contributed by atoms with van der Waals surface area (Å²) >= 11 is 0. The Kier molecular flexibility index (Phi) is 1.14. The summed E-state index contributed by atoms with van der Waals surface area (Å²) in [5.74, 6) is 0. The van der Waals surface area contributed by atoms with E-state index < -0.39 is 0 Å². The normalized spacial score (nSPS) is 25.0. The molecule has 0 spiro atoms. The van der Waals surface area contributed by atoms with Crippen molar-refractivity contribution in [1.29, 1.82) is 0 Å². The molecule has 3 rings (SSSR count). The summed E-state index contributed by atoms with van der Waals surface area (Å²) in [5, 5.41) is 3.52. The van der Waals surface area contributed by atoms with Gasteiger partial charge in [0, 0.05) is 6.54 Å². The minimum atomic E-state index is 0.586. The molecule has 1 aromatic rings. The minimum absolute atomic E-state index is 0.586. The van der Waals surface area contributed by atoms with Crippen LogP contribution < -0.4 is 10.2 Å². The van der Waals surface area contributed by atoms with Crippen molar-refractivity contribution in [2.24, 2.45) is 0 Å². The van der Waals surface area contributed by atoms with Crippen LogP contribution in [0.25, 0.3) is 0 Å². The number of hydrogen-bond acceptors (Lipinski definition) is 2. The fourth-order valence-electron chi connectivity index (χ4n) is 2.23. The molecule has 2 aliphatic heterocycles. The van der Waals surface area contributed by atoms with Crippen LogP contribution in [0.2, 0.25) is 0 Å². The molecule has 0 bridgehead atoms. The van der Waals surface area contributed by atoms with Crippen LogP contribution >= 0.6 is 0 Å². The molecule has 0 saturated carbocycles. The number of benzene rings is 1. The molecule has 0 aliphatic carbocycles. The molecule has 12 heavy (non-hydrogen) atoms. The summed E-state index contributed by atoms with van der Waals surface area (Å²) in [6.07, 6.45) is 3.20. The first-order valence-corrected chi connectivity index (χ1v) is 4.57. The smallest absolute Gasteiger partial charge is 0.0991 e. The number of hydrogen-bond donors (Lipinski definition) is 1. The first-order valence-electron chi connectivity index (χ1n) is 4.57. The zero-order valence-corrected chi connectivity index (χ0v) is 6.96. The summed E-state index contributed by atoms with van der Waals surface area (Å²) in [4.78, 5) is 2.47. The topological polar surface area (TPSA) is 15.3 Å². The fraction of sp³-hybridized carbons (Fsp3) is 0.400. The maximum Gasteiger partial charge on any atom is 0.0991 e. The molecule has 1 N–H and O–H groups in total. The van der Waals surface area contributed by atoms with Crippen molar-refractivity contribution < 1.29 is 0 Å². The number of para-hydroxylation sites is 2. The van der Waals surface area contributed by atoms with Gasteiger partial charge >= 0.3 is 0 Å². The van der Waals surface area contributed by atoms with Crippen molar-refractivity contribution in [2.75, 3.05) is 16.8 Å². The lowest BCUT2D eigenvalue weighted by molar-refractivity contribution is 0.779. The molecule has 2 aliphatic rings. The lowest BCUT2D eigenvalue weighted by Gasteiger charge is -2.16. The zero-order valence-electron chi connectivity index (χ0n) is 6.96. The predicted molar refractivity (Wildman–Crippen MR) is 50.4 cm³/mol. The van der Waals surface area contributed by atoms with E-state index in [-0.39, 0.29) is 0 Å². The molecule has 0 radical (unpaired) electrons. The molecule has 2 nitrogen and oxygen atoms in total. The first-order chi connectivity index (χ1) is 5.95. The molecule has 1 unspecified atom stereocenters. The number of nitrogens with one attached hydrogen (secondary N) is 1. The van der Waals surface area contributed by atoms with Gasteiger partial charge in [-0.1, -0.05) is 12.1 Å². The van der Waals surface area contributed by atoms with Crippen LogP contribution in [0.3, 0.4) is 0 Å². The lowest BCUT2D eigenvalue weighted by Crippen LogP contribution is -2.28. The highest BCUT2D eigenvalue weighted by atomic mass is 15.3. The zero-order chi connectivity index (χ0) is 7.97. The van der Waals surface area contributed by atoms with E-state index in [4.69, 9.17) is 0 Å². The van der Waals surface area contributed by atoms with Crippen molar-refractivity contribution in [3.63, 3.8) is 0 Å². The third-order valence-electron chi connectivity index (χ3n) is 2.79. The molecule has 2 heteroatoms. The molecule has 1 atom stereocenters. The minimum Gasteiger partial charge on any atom is -0.364 e. The van der Waals surface area contributed by atoms with Gasteiger partial charge in [-0.2, -0.15) is 0 Å². The molecule has 62 valence electrons. The van der Waals surface area contributed by atoms with Gasteiger partial charge in [-0.3, -0.25) is 0 Å². The highest BCUT2D eigenvalue weighted by Crippen LogP contribution is 2.38. The van der Waals surface area contributed by atoms with Crippen LogP contribution in [0.1, 0.15) is 12.8 Å². The van der Waals surface area contributed by atoms with E-state index in [1.807, 2.05) is 0 Å². The second-order valence-corrected chi connectivity index (χ2v) is 3.51. The van der Waals surface area contributed by atoms with Crippen molar-refractivity contribution >= 4 is 11.4 Å². The maximum atomic E-state index is 3.52. The molecule has 2 heterocycles. The average molecular weight is 160 g/mol. The molecular formula is C10H12N2. The van der Waals surface area contributed by atoms with E-state index in [1.54, 1.807) is 0 Å². The molecule has 0 aromatic heterocycles. The van der Waals surface area contributed by atoms with Crippen LogP contribution in [-0.4, -0.2) is 12.7 Å². The summed E-state index contributed by atoms with van der Waals surface area (Å²) < 4.78 is 0. The highest BCUT2D eigenvalue weighted by Gasteiger charge is 2.31. The summed E-state index contributed by atoms with van der Waals surface area (Å²) in [5.41, 5.74) is 2.70. The van der Waals surface area contributed by atoms with Crippen molar-refractivity contribution in [3.8, 4) is 0 Å². The monoisotopic (exact) mass is 160 g/mol. The van der Waals surface area contributed by atoms with Crippen molar-refractivity contribution in [3.05, 3.63) is 24.3 Å². The predicted octanol–water partition coefficient (Wildman–Crippen LogP) is 2.04. The van der Waals surface area contributed by atoms with Gasteiger partial charge in [-0.05, 0) is 25.0 Å². The van der Waals surface area contributed by atoms with Gasteiger partial charge in [0.25, 0.3) is 0 Å². The van der Waals surface area contributed by atoms with Gasteiger partial charge in [0.1, 0.15) is 0 Å². The van der Waals surface area contributed by atoms with E-state index in [1.165, 1.54) is 30.8 Å². The van der Waals surface area contributed by atoms with Gasteiger partial charge in [0.05, 0.1) is 17.5 Å². The quantitative estimate of drug-likeness (QED) is 0.624. The highest BCUT2D eigenvalue weighted by molar-refractivity contribution is 5.76. The largest absolute Gasteiger partial charge is 0.364 e. The lowest BCUT2D eigenvalue weighted by atomic mass is 10.2. The Balaban J connectivity index is 2.09. The fourth-order valence-corrected chi connectivity index (χ4v) is 2.23. The Morgan fingerprint density at radius 3 is 3.25 bits per heavy atom. The van der Waals surface area contributed by atoms with Crippen LogP contribution in [0.5, 0.6) is 0 Å². The van der Waals surface area contributed by atoms with E-state index in [2.05, 4.69) is 34.5 Å². The van der Waals surface area contributed by atoms with E-state index >= 15 is 0 Å². The molecule has 0 amide bonds. The molecule has 1 fully saturated rings. The van der Waals surface area contributed by atoms with Crippen LogP contribution in [0.4, 0.5) is 11.4 Å². The summed E-state index contributed by atoms with van der Waals surface area (Å²) in [6, 6.07) is 8.57. The van der Waals surface area contributed by atoms with E-state index in [9.17, 15) is 0 Å². The molecular weight excluding hydrogens is 148 g/mol. The van der Waals surface area contributed by atoms with Crippen LogP contribution in [-0.2, 0) is 0 Å². The Morgan fingerprint density at radius 2 is 2.25 bits per heavy atom. The number of anilines is 2. The van der Waals surface area contributed by atoms with Gasteiger partial charge in [-0.25, -0.2) is 0 Å². The molecule has 1 aromatic carbocycles. The number of nitrogens with zero attached hydrogens (tertiary/aromatic N) is 1. The average Bonchev–Trinajstić information content (AvgIpc) is 2.62.